The van der Waals surface area contributed by atoms with Crippen molar-refractivity contribution < 1.29 is 9.59 Å². The smallest absolute Gasteiger partial charge is 0.253 e. The highest BCUT2D eigenvalue weighted by atomic mass is 16.2. The van der Waals surface area contributed by atoms with Gasteiger partial charge >= 0.3 is 0 Å². The number of carbonyl (C=O) groups excluding carboxylic acids is 2. The Hall–Kier alpha value is -2.66. The van der Waals surface area contributed by atoms with Gasteiger partial charge in [-0.05, 0) is 42.8 Å². The van der Waals surface area contributed by atoms with E-state index in [1.54, 1.807) is 24.3 Å². The molecule has 27 heavy (non-hydrogen) atoms. The Morgan fingerprint density at radius 2 is 1.52 bits per heavy atom. The Bertz CT molecular complexity index is 751. The first-order chi connectivity index (χ1) is 13.2. The Morgan fingerprint density at radius 1 is 0.889 bits per heavy atom. The summed E-state index contributed by atoms with van der Waals surface area (Å²) in [5.74, 6) is -0.0664. The van der Waals surface area contributed by atoms with Gasteiger partial charge in [0.1, 0.15) is 0 Å². The lowest BCUT2D eigenvalue weighted by Gasteiger charge is -2.34. The van der Waals surface area contributed by atoms with Gasteiger partial charge in [-0.25, -0.2) is 0 Å². The minimum absolute atomic E-state index is 0.0433. The SMILES string of the molecule is CCN1CCN(C(=O)c2ccc(C(=O)NCCc3ccccc3)cc2)CC1. The summed E-state index contributed by atoms with van der Waals surface area (Å²) in [7, 11) is 0. The Balaban J connectivity index is 1.50. The summed E-state index contributed by atoms with van der Waals surface area (Å²) in [6.07, 6.45) is 0.798. The van der Waals surface area contributed by atoms with Crippen LogP contribution in [0.5, 0.6) is 0 Å². The standard InChI is InChI=1S/C22H27N3O2/c1-2-24-14-16-25(17-15-24)22(27)20-10-8-19(9-11-20)21(26)23-13-12-18-6-4-3-5-7-18/h3-11H,2,12-17H2,1H3,(H,23,26). The van der Waals surface area contributed by atoms with Crippen molar-refractivity contribution in [2.75, 3.05) is 39.3 Å². The number of hydrogen-bond acceptors (Lipinski definition) is 3. The number of rotatable bonds is 6. The predicted molar refractivity (Wildman–Crippen MR) is 107 cm³/mol. The average molecular weight is 365 g/mol. The van der Waals surface area contributed by atoms with Gasteiger partial charge in [0, 0.05) is 43.9 Å². The molecule has 1 heterocycles. The van der Waals surface area contributed by atoms with Crippen molar-refractivity contribution in [1.82, 2.24) is 15.1 Å². The van der Waals surface area contributed by atoms with Gasteiger partial charge in [0.05, 0.1) is 0 Å². The molecule has 2 aromatic carbocycles. The van der Waals surface area contributed by atoms with Crippen LogP contribution < -0.4 is 5.32 Å². The quantitative estimate of drug-likeness (QED) is 0.855. The zero-order valence-electron chi connectivity index (χ0n) is 15.9. The summed E-state index contributed by atoms with van der Waals surface area (Å²) in [4.78, 5) is 29.1. The molecule has 1 fully saturated rings. The molecule has 0 aliphatic carbocycles. The van der Waals surface area contributed by atoms with Gasteiger partial charge in [-0.15, -0.1) is 0 Å². The van der Waals surface area contributed by atoms with Crippen molar-refractivity contribution in [1.29, 1.82) is 0 Å². The molecule has 1 N–H and O–H groups in total. The number of benzene rings is 2. The molecular formula is C22H27N3O2. The van der Waals surface area contributed by atoms with E-state index in [-0.39, 0.29) is 11.8 Å². The van der Waals surface area contributed by atoms with Crippen LogP contribution in [0.15, 0.2) is 54.6 Å². The maximum atomic E-state index is 12.6. The first kappa shape index (κ1) is 19.1. The second kappa shape index (κ2) is 9.33. The van der Waals surface area contributed by atoms with E-state index in [4.69, 9.17) is 0 Å². The van der Waals surface area contributed by atoms with Gasteiger partial charge in [-0.2, -0.15) is 0 Å². The zero-order valence-corrected chi connectivity index (χ0v) is 15.9. The lowest BCUT2D eigenvalue weighted by atomic mass is 10.1. The van der Waals surface area contributed by atoms with Gasteiger partial charge in [-0.3, -0.25) is 9.59 Å². The molecule has 1 saturated heterocycles. The normalized spacial score (nSPS) is 14.8. The highest BCUT2D eigenvalue weighted by Gasteiger charge is 2.21. The number of likely N-dealkylation sites (N-methyl/N-ethyl adjacent to an activating group) is 1. The maximum Gasteiger partial charge on any atom is 0.253 e. The summed E-state index contributed by atoms with van der Waals surface area (Å²) >= 11 is 0. The van der Waals surface area contributed by atoms with Gasteiger partial charge < -0.3 is 15.1 Å². The molecule has 142 valence electrons. The molecule has 2 aromatic rings. The van der Waals surface area contributed by atoms with E-state index >= 15 is 0 Å². The molecule has 0 bridgehead atoms. The van der Waals surface area contributed by atoms with E-state index in [2.05, 4.69) is 17.1 Å². The van der Waals surface area contributed by atoms with Crippen molar-refractivity contribution in [2.45, 2.75) is 13.3 Å². The fourth-order valence-corrected chi connectivity index (χ4v) is 3.28. The van der Waals surface area contributed by atoms with E-state index in [9.17, 15) is 9.59 Å². The first-order valence-electron chi connectivity index (χ1n) is 9.61. The van der Waals surface area contributed by atoms with Crippen molar-refractivity contribution >= 4 is 11.8 Å². The van der Waals surface area contributed by atoms with Crippen LogP contribution >= 0.6 is 0 Å². The fourth-order valence-electron chi connectivity index (χ4n) is 3.28. The molecule has 5 nitrogen and oxygen atoms in total. The van der Waals surface area contributed by atoms with Crippen LogP contribution in [0.25, 0.3) is 0 Å². The van der Waals surface area contributed by atoms with Crippen molar-refractivity contribution in [2.24, 2.45) is 0 Å². The number of carbonyl (C=O) groups is 2. The molecule has 1 aliphatic rings. The van der Waals surface area contributed by atoms with Crippen LogP contribution in [0.4, 0.5) is 0 Å². The van der Waals surface area contributed by atoms with Gasteiger partial charge in [-0.1, -0.05) is 37.3 Å². The molecule has 0 unspecified atom stereocenters. The highest BCUT2D eigenvalue weighted by molar-refractivity contribution is 5.97. The van der Waals surface area contributed by atoms with Gasteiger partial charge in [0.15, 0.2) is 0 Å². The van der Waals surface area contributed by atoms with Crippen molar-refractivity contribution in [3.63, 3.8) is 0 Å². The third kappa shape index (κ3) is 5.17. The lowest BCUT2D eigenvalue weighted by molar-refractivity contribution is 0.0643. The van der Waals surface area contributed by atoms with Crippen molar-refractivity contribution in [3.05, 3.63) is 71.3 Å². The Morgan fingerprint density at radius 3 is 2.15 bits per heavy atom. The molecule has 3 rings (SSSR count). The monoisotopic (exact) mass is 365 g/mol. The van der Waals surface area contributed by atoms with Crippen LogP contribution in [0.2, 0.25) is 0 Å². The second-order valence-corrected chi connectivity index (χ2v) is 6.80. The number of nitrogens with one attached hydrogen (secondary N) is 1. The Labute approximate surface area is 161 Å². The summed E-state index contributed by atoms with van der Waals surface area (Å²) in [6.45, 7) is 7.11. The third-order valence-electron chi connectivity index (χ3n) is 5.04. The van der Waals surface area contributed by atoms with E-state index in [1.807, 2.05) is 35.2 Å². The molecule has 2 amide bonds. The number of piperazine rings is 1. The largest absolute Gasteiger partial charge is 0.352 e. The minimum Gasteiger partial charge on any atom is -0.352 e. The van der Waals surface area contributed by atoms with E-state index in [1.165, 1.54) is 5.56 Å². The zero-order chi connectivity index (χ0) is 19.1. The molecule has 5 heteroatoms. The molecular weight excluding hydrogens is 338 g/mol. The molecule has 0 saturated carbocycles. The van der Waals surface area contributed by atoms with E-state index in [0.29, 0.717) is 17.7 Å². The van der Waals surface area contributed by atoms with Crippen molar-refractivity contribution in [3.8, 4) is 0 Å². The maximum absolute atomic E-state index is 12.6. The van der Waals surface area contributed by atoms with E-state index in [0.717, 1.165) is 39.1 Å². The lowest BCUT2D eigenvalue weighted by Crippen LogP contribution is -2.48. The number of amides is 2. The van der Waals surface area contributed by atoms with Crippen LogP contribution in [0.3, 0.4) is 0 Å². The third-order valence-corrected chi connectivity index (χ3v) is 5.04. The summed E-state index contributed by atoms with van der Waals surface area (Å²) < 4.78 is 0. The topological polar surface area (TPSA) is 52.7 Å². The first-order valence-corrected chi connectivity index (χ1v) is 9.61. The van der Waals surface area contributed by atoms with E-state index < -0.39 is 0 Å². The number of nitrogens with zero attached hydrogens (tertiary/aromatic N) is 2. The summed E-state index contributed by atoms with van der Waals surface area (Å²) in [5.41, 5.74) is 2.41. The minimum atomic E-state index is -0.110. The Kier molecular flexibility index (Phi) is 6.60. The second-order valence-electron chi connectivity index (χ2n) is 6.80. The molecule has 0 aromatic heterocycles. The summed E-state index contributed by atoms with van der Waals surface area (Å²) in [6, 6.07) is 17.0. The number of hydrogen-bond donors (Lipinski definition) is 1. The summed E-state index contributed by atoms with van der Waals surface area (Å²) in [5, 5.41) is 2.93. The molecule has 0 atom stereocenters. The highest BCUT2D eigenvalue weighted by Crippen LogP contribution is 2.11. The van der Waals surface area contributed by atoms with Crippen LogP contribution in [0.1, 0.15) is 33.2 Å². The molecule has 1 aliphatic heterocycles. The van der Waals surface area contributed by atoms with Crippen LogP contribution in [-0.4, -0.2) is 60.9 Å². The van der Waals surface area contributed by atoms with Gasteiger partial charge in [0.25, 0.3) is 11.8 Å². The fraction of sp³-hybridized carbons (Fsp3) is 0.364. The molecule has 0 spiro atoms. The van der Waals surface area contributed by atoms with Crippen LogP contribution in [0, 0.1) is 0 Å². The molecule has 0 radical (unpaired) electrons. The van der Waals surface area contributed by atoms with Gasteiger partial charge in [0.2, 0.25) is 0 Å². The van der Waals surface area contributed by atoms with Crippen LogP contribution in [-0.2, 0) is 6.42 Å². The predicted octanol–water partition coefficient (Wildman–Crippen LogP) is 2.44. The average Bonchev–Trinajstić information content (AvgIpc) is 2.74.